The van der Waals surface area contributed by atoms with Gasteiger partial charge in [0, 0.05) is 44.2 Å². The van der Waals surface area contributed by atoms with Crippen molar-refractivity contribution in [2.24, 2.45) is 0 Å². The molecule has 3 rings (SSSR count). The van der Waals surface area contributed by atoms with E-state index in [0.29, 0.717) is 24.7 Å². The molecule has 1 aliphatic rings. The van der Waals surface area contributed by atoms with E-state index in [4.69, 9.17) is 16.3 Å². The minimum absolute atomic E-state index is 0.0335. The van der Waals surface area contributed by atoms with E-state index in [1.54, 1.807) is 23.4 Å². The van der Waals surface area contributed by atoms with E-state index in [1.165, 1.54) is 31.3 Å². The standard InChI is InChI=1S/C20H24ClN3O4S/c1-23(29(26,27)19-8-6-17(21)7-9-19)15-20(25)24(14-18-5-3-11-28-18)13-16-4-2-10-22-12-16/h2,4,6-10,12,18H,3,5,11,13-15H2,1H3. The van der Waals surface area contributed by atoms with Crippen LogP contribution in [0.1, 0.15) is 18.4 Å². The number of nitrogens with zero attached hydrogens (tertiary/aromatic N) is 3. The predicted octanol–water partition coefficient (Wildman–Crippen LogP) is 2.56. The van der Waals surface area contributed by atoms with Crippen LogP contribution in [0.3, 0.4) is 0 Å². The Kier molecular flexibility index (Phi) is 7.23. The third-order valence-electron chi connectivity index (χ3n) is 4.78. The summed E-state index contributed by atoms with van der Waals surface area (Å²) in [5.41, 5.74) is 0.877. The van der Waals surface area contributed by atoms with E-state index in [2.05, 4.69) is 4.98 Å². The van der Waals surface area contributed by atoms with Gasteiger partial charge in [-0.2, -0.15) is 4.31 Å². The van der Waals surface area contributed by atoms with Crippen LogP contribution in [0, 0.1) is 0 Å². The number of pyridine rings is 1. The molecule has 0 saturated carbocycles. The van der Waals surface area contributed by atoms with Crippen molar-refractivity contribution in [3.05, 3.63) is 59.4 Å². The maximum absolute atomic E-state index is 13.0. The molecule has 7 nitrogen and oxygen atoms in total. The van der Waals surface area contributed by atoms with Crippen LogP contribution < -0.4 is 0 Å². The minimum atomic E-state index is -3.80. The molecule has 1 fully saturated rings. The zero-order chi connectivity index (χ0) is 20.9. The molecule has 1 aromatic heterocycles. The van der Waals surface area contributed by atoms with Crippen LogP contribution in [0.4, 0.5) is 0 Å². The van der Waals surface area contributed by atoms with Gasteiger partial charge in [-0.15, -0.1) is 0 Å². The molecule has 2 heterocycles. The first-order valence-electron chi connectivity index (χ1n) is 9.36. The highest BCUT2D eigenvalue weighted by atomic mass is 35.5. The molecule has 1 amide bonds. The first kappa shape index (κ1) is 21.7. The highest BCUT2D eigenvalue weighted by Crippen LogP contribution is 2.19. The van der Waals surface area contributed by atoms with Crippen LogP contribution in [-0.2, 0) is 26.1 Å². The van der Waals surface area contributed by atoms with Crippen LogP contribution in [-0.4, -0.2) is 61.4 Å². The molecule has 2 aromatic rings. The first-order chi connectivity index (χ1) is 13.9. The fraction of sp³-hybridized carbons (Fsp3) is 0.400. The summed E-state index contributed by atoms with van der Waals surface area (Å²) in [6.45, 7) is 1.19. The van der Waals surface area contributed by atoms with Gasteiger partial charge in [-0.1, -0.05) is 17.7 Å². The molecule has 0 N–H and O–H groups in total. The van der Waals surface area contributed by atoms with Gasteiger partial charge in [-0.05, 0) is 48.7 Å². The molecule has 1 atom stereocenters. The molecular weight excluding hydrogens is 414 g/mol. The average Bonchev–Trinajstić information content (AvgIpc) is 3.21. The normalized spacial score (nSPS) is 16.9. The van der Waals surface area contributed by atoms with Crippen molar-refractivity contribution in [1.29, 1.82) is 0 Å². The summed E-state index contributed by atoms with van der Waals surface area (Å²) in [5, 5.41) is 0.446. The van der Waals surface area contributed by atoms with Crippen molar-refractivity contribution in [2.45, 2.75) is 30.4 Å². The average molecular weight is 438 g/mol. The van der Waals surface area contributed by atoms with Crippen molar-refractivity contribution >= 4 is 27.5 Å². The van der Waals surface area contributed by atoms with Crippen molar-refractivity contribution in [3.63, 3.8) is 0 Å². The van der Waals surface area contributed by atoms with E-state index in [0.717, 1.165) is 22.7 Å². The van der Waals surface area contributed by atoms with E-state index in [-0.39, 0.29) is 23.5 Å². The summed E-state index contributed by atoms with van der Waals surface area (Å²) >= 11 is 5.84. The molecule has 9 heteroatoms. The zero-order valence-electron chi connectivity index (χ0n) is 16.2. The van der Waals surface area contributed by atoms with Gasteiger partial charge >= 0.3 is 0 Å². The number of carbonyl (C=O) groups excluding carboxylic acids is 1. The summed E-state index contributed by atoms with van der Waals surface area (Å²) < 4.78 is 32.3. The molecule has 156 valence electrons. The Labute approximate surface area is 176 Å². The zero-order valence-corrected chi connectivity index (χ0v) is 17.8. The summed E-state index contributed by atoms with van der Waals surface area (Å²) in [7, 11) is -2.40. The van der Waals surface area contributed by atoms with Gasteiger partial charge in [0.15, 0.2) is 0 Å². The second-order valence-corrected chi connectivity index (χ2v) is 9.47. The molecule has 0 bridgehead atoms. The van der Waals surface area contributed by atoms with E-state index < -0.39 is 10.0 Å². The maximum Gasteiger partial charge on any atom is 0.243 e. The van der Waals surface area contributed by atoms with Gasteiger partial charge in [-0.3, -0.25) is 9.78 Å². The molecule has 0 aliphatic carbocycles. The molecule has 1 saturated heterocycles. The molecule has 0 spiro atoms. The van der Waals surface area contributed by atoms with Gasteiger partial charge in [0.1, 0.15) is 0 Å². The molecule has 1 aromatic carbocycles. The van der Waals surface area contributed by atoms with Crippen molar-refractivity contribution in [1.82, 2.24) is 14.2 Å². The van der Waals surface area contributed by atoms with E-state index in [9.17, 15) is 13.2 Å². The number of halogens is 1. The maximum atomic E-state index is 13.0. The summed E-state index contributed by atoms with van der Waals surface area (Å²) in [4.78, 5) is 18.8. The number of likely N-dealkylation sites (N-methyl/N-ethyl adjacent to an activating group) is 1. The Morgan fingerprint density at radius 2 is 2.03 bits per heavy atom. The number of ether oxygens (including phenoxy) is 1. The van der Waals surface area contributed by atoms with Crippen molar-refractivity contribution in [3.8, 4) is 0 Å². The monoisotopic (exact) mass is 437 g/mol. The lowest BCUT2D eigenvalue weighted by Crippen LogP contribution is -2.43. The SMILES string of the molecule is CN(CC(=O)N(Cc1cccnc1)CC1CCCO1)S(=O)(=O)c1ccc(Cl)cc1. The fourth-order valence-corrected chi connectivity index (χ4v) is 4.41. The Hall–Kier alpha value is -2.00. The van der Waals surface area contributed by atoms with Gasteiger partial charge in [-0.25, -0.2) is 8.42 Å². The number of rotatable bonds is 8. The largest absolute Gasteiger partial charge is 0.376 e. The Balaban J connectivity index is 1.72. The predicted molar refractivity (Wildman–Crippen MR) is 110 cm³/mol. The van der Waals surface area contributed by atoms with Gasteiger partial charge in [0.05, 0.1) is 17.5 Å². The second-order valence-electron chi connectivity index (χ2n) is 6.99. The Bertz CT molecular complexity index is 917. The van der Waals surface area contributed by atoms with E-state index in [1.807, 2.05) is 6.07 Å². The third-order valence-corrected chi connectivity index (χ3v) is 6.85. The lowest BCUT2D eigenvalue weighted by Gasteiger charge is -2.27. The second kappa shape index (κ2) is 9.67. The van der Waals surface area contributed by atoms with Crippen molar-refractivity contribution < 1.29 is 17.9 Å². The van der Waals surface area contributed by atoms with Crippen LogP contribution in [0.25, 0.3) is 0 Å². The fourth-order valence-electron chi connectivity index (χ4n) is 3.16. The van der Waals surface area contributed by atoms with Crippen LogP contribution in [0.2, 0.25) is 5.02 Å². The van der Waals surface area contributed by atoms with Crippen LogP contribution >= 0.6 is 11.6 Å². The van der Waals surface area contributed by atoms with Crippen LogP contribution in [0.15, 0.2) is 53.7 Å². The summed E-state index contributed by atoms with van der Waals surface area (Å²) in [5.74, 6) is -0.288. The molecule has 1 aliphatic heterocycles. The lowest BCUT2D eigenvalue weighted by molar-refractivity contribution is -0.133. The summed E-state index contributed by atoms with van der Waals surface area (Å²) in [6.07, 6.45) is 5.18. The quantitative estimate of drug-likeness (QED) is 0.634. The number of hydrogen-bond acceptors (Lipinski definition) is 5. The molecular formula is C20H24ClN3O4S. The number of amides is 1. The van der Waals surface area contributed by atoms with Gasteiger partial charge in [0.2, 0.25) is 15.9 Å². The molecule has 29 heavy (non-hydrogen) atoms. The third kappa shape index (κ3) is 5.76. The van der Waals surface area contributed by atoms with Gasteiger partial charge < -0.3 is 9.64 Å². The topological polar surface area (TPSA) is 79.8 Å². The minimum Gasteiger partial charge on any atom is -0.376 e. The highest BCUT2D eigenvalue weighted by molar-refractivity contribution is 7.89. The Morgan fingerprint density at radius 3 is 2.66 bits per heavy atom. The first-order valence-corrected chi connectivity index (χ1v) is 11.2. The number of aromatic nitrogens is 1. The highest BCUT2D eigenvalue weighted by Gasteiger charge is 2.27. The summed E-state index contributed by atoms with van der Waals surface area (Å²) in [6, 6.07) is 9.57. The number of hydrogen-bond donors (Lipinski definition) is 0. The van der Waals surface area contributed by atoms with Gasteiger partial charge in [0.25, 0.3) is 0 Å². The van der Waals surface area contributed by atoms with Crippen LogP contribution in [0.5, 0.6) is 0 Å². The Morgan fingerprint density at radius 1 is 1.28 bits per heavy atom. The van der Waals surface area contributed by atoms with Crippen molar-refractivity contribution in [2.75, 3.05) is 26.7 Å². The lowest BCUT2D eigenvalue weighted by atomic mass is 10.2. The van der Waals surface area contributed by atoms with E-state index >= 15 is 0 Å². The number of benzene rings is 1. The molecule has 1 unspecified atom stereocenters. The molecule has 0 radical (unpaired) electrons. The number of sulfonamides is 1. The number of carbonyl (C=O) groups is 1. The smallest absolute Gasteiger partial charge is 0.243 e.